The second kappa shape index (κ2) is 5.93. The quantitative estimate of drug-likeness (QED) is 0.750. The van der Waals surface area contributed by atoms with Crippen LogP contribution in [0.25, 0.3) is 0 Å². The molecule has 1 aromatic heterocycles. The van der Waals surface area contributed by atoms with Crippen molar-refractivity contribution in [2.75, 3.05) is 20.3 Å². The first-order valence-electron chi connectivity index (χ1n) is 5.24. The minimum Gasteiger partial charge on any atom is -0.495 e. The Hall–Kier alpha value is -1.98. The third-order valence-corrected chi connectivity index (χ3v) is 1.98. The van der Waals surface area contributed by atoms with Gasteiger partial charge in [0.05, 0.1) is 26.5 Å². The number of rotatable bonds is 4. The van der Waals surface area contributed by atoms with Crippen molar-refractivity contribution < 1.29 is 23.8 Å². The number of aromatic nitrogens is 1. The van der Waals surface area contributed by atoms with Gasteiger partial charge in [0, 0.05) is 6.07 Å². The molecular formula is C11H15NO5. The second-order valence-electron chi connectivity index (χ2n) is 3.05. The second-order valence-corrected chi connectivity index (χ2v) is 3.05. The van der Waals surface area contributed by atoms with Crippen LogP contribution in [0.4, 0.5) is 4.79 Å². The number of methoxy groups -OCH3 is 1. The molecule has 0 radical (unpaired) electrons. The molecule has 0 saturated carbocycles. The molecule has 1 heterocycles. The van der Waals surface area contributed by atoms with E-state index in [9.17, 15) is 9.59 Å². The molecule has 0 aromatic carbocycles. The number of hydrogen-bond donors (Lipinski definition) is 0. The van der Waals surface area contributed by atoms with Gasteiger partial charge in [-0.2, -0.15) is 0 Å². The molecule has 0 N–H and O–H groups in total. The van der Waals surface area contributed by atoms with Crippen LogP contribution < -0.4 is 4.74 Å². The predicted molar refractivity (Wildman–Crippen MR) is 59.4 cm³/mol. The maximum atomic E-state index is 11.6. The highest BCUT2D eigenvalue weighted by atomic mass is 16.6. The summed E-state index contributed by atoms with van der Waals surface area (Å²) in [7, 11) is 1.44. The minimum absolute atomic E-state index is 0.0853. The van der Waals surface area contributed by atoms with Crippen molar-refractivity contribution in [1.29, 1.82) is 0 Å². The molecule has 0 bridgehead atoms. The summed E-state index contributed by atoms with van der Waals surface area (Å²) in [4.78, 5) is 23.2. The van der Waals surface area contributed by atoms with Crippen LogP contribution in [-0.4, -0.2) is 37.0 Å². The zero-order valence-electron chi connectivity index (χ0n) is 10.1. The van der Waals surface area contributed by atoms with E-state index in [4.69, 9.17) is 14.2 Å². The smallest absolute Gasteiger partial charge is 0.418 e. The summed E-state index contributed by atoms with van der Waals surface area (Å²) >= 11 is 0. The molecule has 0 aliphatic rings. The lowest BCUT2D eigenvalue weighted by molar-refractivity contribution is 0.0511. The first-order chi connectivity index (χ1) is 8.13. The highest BCUT2D eigenvalue weighted by Gasteiger charge is 2.20. The van der Waals surface area contributed by atoms with E-state index >= 15 is 0 Å². The van der Waals surface area contributed by atoms with Crippen molar-refractivity contribution in [3.05, 3.63) is 18.0 Å². The third kappa shape index (κ3) is 2.99. The number of carbonyl (C=O) groups is 2. The number of ether oxygens (including phenoxy) is 3. The molecule has 6 nitrogen and oxygen atoms in total. The van der Waals surface area contributed by atoms with E-state index < -0.39 is 12.1 Å². The summed E-state index contributed by atoms with van der Waals surface area (Å²) in [6.07, 6.45) is 0.739. The zero-order chi connectivity index (χ0) is 12.8. The first-order valence-corrected chi connectivity index (χ1v) is 5.24. The van der Waals surface area contributed by atoms with E-state index in [1.54, 1.807) is 13.8 Å². The summed E-state index contributed by atoms with van der Waals surface area (Å²) in [6.45, 7) is 3.83. The molecule has 94 valence electrons. The van der Waals surface area contributed by atoms with Gasteiger partial charge < -0.3 is 14.2 Å². The highest BCUT2D eigenvalue weighted by molar-refractivity contribution is 5.92. The maximum Gasteiger partial charge on any atom is 0.418 e. The molecule has 6 heteroatoms. The van der Waals surface area contributed by atoms with Gasteiger partial charge in [0.15, 0.2) is 0 Å². The van der Waals surface area contributed by atoms with Crippen LogP contribution in [0, 0.1) is 0 Å². The normalized spacial score (nSPS) is 9.82. The molecule has 0 fully saturated rings. The monoisotopic (exact) mass is 241 g/mol. The molecule has 0 saturated heterocycles. The van der Waals surface area contributed by atoms with Crippen molar-refractivity contribution in [2.24, 2.45) is 0 Å². The van der Waals surface area contributed by atoms with Gasteiger partial charge in [-0.3, -0.25) is 0 Å². The van der Waals surface area contributed by atoms with Gasteiger partial charge in [-0.25, -0.2) is 14.2 Å². The van der Waals surface area contributed by atoms with Gasteiger partial charge in [-0.1, -0.05) is 0 Å². The molecule has 0 spiro atoms. The summed E-state index contributed by atoms with van der Waals surface area (Å²) in [5.41, 5.74) is 0.0853. The average Bonchev–Trinajstić information content (AvgIpc) is 2.73. The molecule has 0 amide bonds. The Morgan fingerprint density at radius 3 is 2.41 bits per heavy atom. The van der Waals surface area contributed by atoms with Crippen molar-refractivity contribution in [3.8, 4) is 5.75 Å². The fourth-order valence-electron chi connectivity index (χ4n) is 1.26. The van der Waals surface area contributed by atoms with E-state index in [1.165, 1.54) is 19.4 Å². The Kier molecular flexibility index (Phi) is 4.56. The van der Waals surface area contributed by atoms with Crippen LogP contribution in [0.2, 0.25) is 0 Å². The maximum absolute atomic E-state index is 11.6. The molecule has 1 aromatic rings. The molecule has 0 aliphatic carbocycles. The summed E-state index contributed by atoms with van der Waals surface area (Å²) in [5.74, 6) is -0.204. The largest absolute Gasteiger partial charge is 0.495 e. The zero-order valence-corrected chi connectivity index (χ0v) is 10.1. The topological polar surface area (TPSA) is 66.8 Å². The van der Waals surface area contributed by atoms with E-state index in [2.05, 4.69) is 0 Å². The molecule has 17 heavy (non-hydrogen) atoms. The molecule has 0 aliphatic heterocycles. The Bertz CT molecular complexity index is 374. The van der Waals surface area contributed by atoms with Crippen LogP contribution in [0.3, 0.4) is 0 Å². The number of carbonyl (C=O) groups excluding carboxylic acids is 2. The number of nitrogens with zero attached hydrogens (tertiary/aromatic N) is 1. The highest BCUT2D eigenvalue weighted by Crippen LogP contribution is 2.17. The standard InChI is InChI=1S/C11H15NO5/c1-4-16-10(13)9-6-8(15-3)7-12(9)11(14)17-5-2/h6-7H,4-5H2,1-3H3. The van der Waals surface area contributed by atoms with E-state index in [0.29, 0.717) is 5.75 Å². The summed E-state index contributed by atoms with van der Waals surface area (Å²) in [5, 5.41) is 0. The van der Waals surface area contributed by atoms with Crippen LogP contribution >= 0.6 is 0 Å². The van der Waals surface area contributed by atoms with E-state index in [1.807, 2.05) is 0 Å². The number of hydrogen-bond acceptors (Lipinski definition) is 5. The lowest BCUT2D eigenvalue weighted by Gasteiger charge is -2.06. The van der Waals surface area contributed by atoms with Crippen LogP contribution in [0.15, 0.2) is 12.3 Å². The van der Waals surface area contributed by atoms with Crippen molar-refractivity contribution in [2.45, 2.75) is 13.8 Å². The molecule has 0 atom stereocenters. The van der Waals surface area contributed by atoms with E-state index in [0.717, 1.165) is 4.57 Å². The van der Waals surface area contributed by atoms with Gasteiger partial charge in [0.25, 0.3) is 0 Å². The van der Waals surface area contributed by atoms with Gasteiger partial charge in [-0.15, -0.1) is 0 Å². The molecular weight excluding hydrogens is 226 g/mol. The average molecular weight is 241 g/mol. The summed E-state index contributed by atoms with van der Waals surface area (Å²) in [6, 6.07) is 1.43. The minimum atomic E-state index is -0.640. The van der Waals surface area contributed by atoms with Crippen LogP contribution in [-0.2, 0) is 9.47 Å². The van der Waals surface area contributed by atoms with Crippen molar-refractivity contribution in [3.63, 3.8) is 0 Å². The third-order valence-electron chi connectivity index (χ3n) is 1.98. The Morgan fingerprint density at radius 2 is 1.88 bits per heavy atom. The van der Waals surface area contributed by atoms with Gasteiger partial charge in [0.2, 0.25) is 0 Å². The SMILES string of the molecule is CCOC(=O)c1cc(OC)cn1C(=O)OCC. The van der Waals surface area contributed by atoms with Gasteiger partial charge >= 0.3 is 12.1 Å². The lowest BCUT2D eigenvalue weighted by atomic mass is 10.4. The summed E-state index contributed by atoms with van der Waals surface area (Å²) < 4.78 is 15.7. The van der Waals surface area contributed by atoms with Crippen LogP contribution in [0.5, 0.6) is 5.75 Å². The fraction of sp³-hybridized carbons (Fsp3) is 0.455. The number of esters is 1. The van der Waals surface area contributed by atoms with Crippen LogP contribution in [0.1, 0.15) is 24.3 Å². The Balaban J connectivity index is 3.05. The predicted octanol–water partition coefficient (Wildman–Crippen LogP) is 1.68. The Morgan fingerprint density at radius 1 is 1.24 bits per heavy atom. The van der Waals surface area contributed by atoms with Gasteiger partial charge in [0.1, 0.15) is 11.4 Å². The fourth-order valence-corrected chi connectivity index (χ4v) is 1.26. The van der Waals surface area contributed by atoms with Crippen molar-refractivity contribution >= 4 is 12.1 Å². The van der Waals surface area contributed by atoms with Crippen molar-refractivity contribution in [1.82, 2.24) is 4.57 Å². The van der Waals surface area contributed by atoms with E-state index in [-0.39, 0.29) is 18.9 Å². The first kappa shape index (κ1) is 13.1. The lowest BCUT2D eigenvalue weighted by Crippen LogP contribution is -2.19. The molecule has 0 unspecified atom stereocenters. The van der Waals surface area contributed by atoms with Gasteiger partial charge in [-0.05, 0) is 13.8 Å². The Labute approximate surface area is 99.1 Å². The molecule has 1 rings (SSSR count).